The summed E-state index contributed by atoms with van der Waals surface area (Å²) in [6.45, 7) is 0. The number of H-pyrrole nitrogens is 1. The predicted molar refractivity (Wildman–Crippen MR) is 52.9 cm³/mol. The first-order valence-corrected chi connectivity index (χ1v) is 4.66. The third-order valence-electron chi connectivity index (χ3n) is 2.30. The Bertz CT molecular complexity index is 404. The van der Waals surface area contributed by atoms with Crippen LogP contribution in [-0.4, -0.2) is 37.0 Å². The second-order valence-electron chi connectivity index (χ2n) is 3.22. The summed E-state index contributed by atoms with van der Waals surface area (Å²) in [4.78, 5) is 8.27. The number of nitrogens with one attached hydrogen (secondary N) is 2. The smallest absolute Gasteiger partial charge is 0.141 e. The lowest BCUT2D eigenvalue weighted by molar-refractivity contribution is 0.529. The molecule has 0 aliphatic carbocycles. The van der Waals surface area contributed by atoms with Crippen LogP contribution >= 0.6 is 0 Å². The van der Waals surface area contributed by atoms with Crippen LogP contribution in [0.1, 0.15) is 17.7 Å². The van der Waals surface area contributed by atoms with Gasteiger partial charge in [0.1, 0.15) is 24.3 Å². The molecule has 0 spiro atoms. The van der Waals surface area contributed by atoms with Crippen LogP contribution in [0, 0.1) is 0 Å². The lowest BCUT2D eigenvalue weighted by atomic mass is 10.2. The number of hydrogen-bond acceptors (Lipinski definition) is 5. The minimum absolute atomic E-state index is 0.0791. The highest BCUT2D eigenvalue weighted by molar-refractivity contribution is 4.98. The molecular formula is C8H13N7. The first kappa shape index (κ1) is 9.78. The van der Waals surface area contributed by atoms with Crippen molar-refractivity contribution in [2.75, 3.05) is 7.05 Å². The molecule has 0 aliphatic heterocycles. The highest BCUT2D eigenvalue weighted by atomic mass is 15.3. The van der Waals surface area contributed by atoms with Crippen LogP contribution in [0.25, 0.3) is 0 Å². The monoisotopic (exact) mass is 207 g/mol. The molecule has 0 aliphatic rings. The molecule has 0 radical (unpaired) electrons. The van der Waals surface area contributed by atoms with E-state index in [4.69, 9.17) is 0 Å². The third-order valence-corrected chi connectivity index (χ3v) is 2.30. The average Bonchev–Trinajstić information content (AvgIpc) is 2.86. The van der Waals surface area contributed by atoms with Crippen LogP contribution in [0.5, 0.6) is 0 Å². The fourth-order valence-corrected chi connectivity index (χ4v) is 1.41. The van der Waals surface area contributed by atoms with Gasteiger partial charge in [-0.15, -0.1) is 0 Å². The Labute approximate surface area is 86.9 Å². The van der Waals surface area contributed by atoms with E-state index >= 15 is 0 Å². The lowest BCUT2D eigenvalue weighted by Gasteiger charge is -2.11. The van der Waals surface area contributed by atoms with E-state index < -0.39 is 0 Å². The minimum atomic E-state index is 0.0791. The molecule has 15 heavy (non-hydrogen) atoms. The molecule has 7 nitrogen and oxygen atoms in total. The summed E-state index contributed by atoms with van der Waals surface area (Å²) >= 11 is 0. The van der Waals surface area contributed by atoms with E-state index in [1.807, 2.05) is 14.1 Å². The molecule has 0 saturated heterocycles. The molecule has 2 aromatic heterocycles. The van der Waals surface area contributed by atoms with Gasteiger partial charge in [0, 0.05) is 13.5 Å². The molecule has 2 N–H and O–H groups in total. The van der Waals surface area contributed by atoms with Gasteiger partial charge in [0.2, 0.25) is 0 Å². The normalized spacial score (nSPS) is 12.9. The number of likely N-dealkylation sites (N-methyl/N-ethyl adjacent to an activating group) is 1. The molecule has 0 amide bonds. The molecule has 80 valence electrons. The van der Waals surface area contributed by atoms with E-state index in [0.29, 0.717) is 0 Å². The zero-order valence-corrected chi connectivity index (χ0v) is 8.68. The second kappa shape index (κ2) is 4.18. The van der Waals surface area contributed by atoms with Gasteiger partial charge in [-0.2, -0.15) is 10.2 Å². The lowest BCUT2D eigenvalue weighted by Crippen LogP contribution is -2.21. The first-order valence-electron chi connectivity index (χ1n) is 4.66. The largest absolute Gasteiger partial charge is 0.310 e. The molecule has 0 fully saturated rings. The van der Waals surface area contributed by atoms with Crippen molar-refractivity contribution in [3.8, 4) is 0 Å². The molecule has 0 aromatic carbocycles. The van der Waals surface area contributed by atoms with Crippen molar-refractivity contribution >= 4 is 0 Å². The van der Waals surface area contributed by atoms with Gasteiger partial charge in [0.25, 0.3) is 0 Å². The van der Waals surface area contributed by atoms with Crippen LogP contribution in [0.2, 0.25) is 0 Å². The summed E-state index contributed by atoms with van der Waals surface area (Å²) in [7, 11) is 3.75. The van der Waals surface area contributed by atoms with Gasteiger partial charge < -0.3 is 5.32 Å². The van der Waals surface area contributed by atoms with Crippen LogP contribution < -0.4 is 5.32 Å². The van der Waals surface area contributed by atoms with E-state index in [9.17, 15) is 0 Å². The molecule has 0 saturated carbocycles. The summed E-state index contributed by atoms with van der Waals surface area (Å²) < 4.78 is 1.75. The zero-order chi connectivity index (χ0) is 10.7. The standard InChI is InChI=1S/C8H13N7/c1-9-6(8-11-4-12-14-8)3-7-10-5-13-15(7)2/h4-6,9H,3H2,1-2H3,(H,11,12,14). The first-order chi connectivity index (χ1) is 7.31. The molecule has 1 atom stereocenters. The van der Waals surface area contributed by atoms with Crippen LogP contribution in [-0.2, 0) is 13.5 Å². The van der Waals surface area contributed by atoms with Gasteiger partial charge in [-0.1, -0.05) is 0 Å². The van der Waals surface area contributed by atoms with Gasteiger partial charge in [-0.3, -0.25) is 9.78 Å². The Morgan fingerprint density at radius 3 is 2.87 bits per heavy atom. The maximum absolute atomic E-state index is 4.16. The summed E-state index contributed by atoms with van der Waals surface area (Å²) in [5, 5.41) is 13.8. The van der Waals surface area contributed by atoms with Gasteiger partial charge in [0.15, 0.2) is 0 Å². The highest BCUT2D eigenvalue weighted by Gasteiger charge is 2.15. The maximum atomic E-state index is 4.16. The Kier molecular flexibility index (Phi) is 2.72. The van der Waals surface area contributed by atoms with Crippen LogP contribution in [0.4, 0.5) is 0 Å². The number of hydrogen-bond donors (Lipinski definition) is 2. The molecule has 2 aromatic rings. The van der Waals surface area contributed by atoms with E-state index in [-0.39, 0.29) is 6.04 Å². The Morgan fingerprint density at radius 1 is 1.47 bits per heavy atom. The Hall–Kier alpha value is -1.76. The average molecular weight is 207 g/mol. The number of aryl methyl sites for hydroxylation is 1. The fourth-order valence-electron chi connectivity index (χ4n) is 1.41. The maximum Gasteiger partial charge on any atom is 0.141 e. The summed E-state index contributed by atoms with van der Waals surface area (Å²) in [5.74, 6) is 1.71. The number of aromatic amines is 1. The van der Waals surface area contributed by atoms with Crippen molar-refractivity contribution < 1.29 is 0 Å². The third kappa shape index (κ3) is 2.01. The second-order valence-corrected chi connectivity index (χ2v) is 3.22. The zero-order valence-electron chi connectivity index (χ0n) is 8.68. The van der Waals surface area contributed by atoms with Crippen LogP contribution in [0.15, 0.2) is 12.7 Å². The molecule has 2 heterocycles. The van der Waals surface area contributed by atoms with Crippen molar-refractivity contribution in [3.05, 3.63) is 24.3 Å². The SMILES string of the molecule is CNC(Cc1ncnn1C)c1ncn[nH]1. The van der Waals surface area contributed by atoms with Crippen molar-refractivity contribution in [3.63, 3.8) is 0 Å². The Morgan fingerprint density at radius 2 is 2.33 bits per heavy atom. The van der Waals surface area contributed by atoms with Crippen LogP contribution in [0.3, 0.4) is 0 Å². The predicted octanol–water partition coefficient (Wildman–Crippen LogP) is -0.564. The molecule has 0 bridgehead atoms. The van der Waals surface area contributed by atoms with Crippen molar-refractivity contribution in [1.29, 1.82) is 0 Å². The number of nitrogens with zero attached hydrogens (tertiary/aromatic N) is 5. The van der Waals surface area contributed by atoms with E-state index in [1.165, 1.54) is 6.33 Å². The topological polar surface area (TPSA) is 84.3 Å². The summed E-state index contributed by atoms with van der Waals surface area (Å²) in [6, 6.07) is 0.0791. The quantitative estimate of drug-likeness (QED) is 0.701. The summed E-state index contributed by atoms with van der Waals surface area (Å²) in [5.41, 5.74) is 0. The molecular weight excluding hydrogens is 194 g/mol. The van der Waals surface area contributed by atoms with Gasteiger partial charge in [0.05, 0.1) is 6.04 Å². The van der Waals surface area contributed by atoms with Crippen molar-refractivity contribution in [1.82, 2.24) is 35.3 Å². The van der Waals surface area contributed by atoms with E-state index in [2.05, 4.69) is 30.6 Å². The van der Waals surface area contributed by atoms with E-state index in [1.54, 1.807) is 11.0 Å². The highest BCUT2D eigenvalue weighted by Crippen LogP contribution is 2.11. The molecule has 7 heteroatoms. The molecule has 2 rings (SSSR count). The van der Waals surface area contributed by atoms with Crippen molar-refractivity contribution in [2.45, 2.75) is 12.5 Å². The van der Waals surface area contributed by atoms with E-state index in [0.717, 1.165) is 18.1 Å². The number of aromatic nitrogens is 6. The number of rotatable bonds is 4. The molecule has 1 unspecified atom stereocenters. The minimum Gasteiger partial charge on any atom is -0.310 e. The van der Waals surface area contributed by atoms with Crippen molar-refractivity contribution in [2.24, 2.45) is 7.05 Å². The van der Waals surface area contributed by atoms with Gasteiger partial charge >= 0.3 is 0 Å². The van der Waals surface area contributed by atoms with Gasteiger partial charge in [-0.25, -0.2) is 9.97 Å². The summed E-state index contributed by atoms with van der Waals surface area (Å²) in [6.07, 6.45) is 3.76. The fraction of sp³-hybridized carbons (Fsp3) is 0.500. The van der Waals surface area contributed by atoms with Gasteiger partial charge in [-0.05, 0) is 7.05 Å². The Balaban J connectivity index is 2.13.